The average molecular weight is 364 g/mol. The van der Waals surface area contributed by atoms with E-state index in [9.17, 15) is 9.90 Å². The van der Waals surface area contributed by atoms with Crippen molar-refractivity contribution in [2.45, 2.75) is 6.54 Å². The largest absolute Gasteiger partial charge is 0.497 e. The summed E-state index contributed by atoms with van der Waals surface area (Å²) in [6.07, 6.45) is 0. The summed E-state index contributed by atoms with van der Waals surface area (Å²) in [5.74, 6) is 0.0432. The van der Waals surface area contributed by atoms with E-state index in [-0.39, 0.29) is 22.1 Å². The Kier molecular flexibility index (Phi) is 4.90. The van der Waals surface area contributed by atoms with Crippen molar-refractivity contribution in [1.29, 1.82) is 0 Å². The second kappa shape index (κ2) is 7.11. The van der Waals surface area contributed by atoms with Crippen molar-refractivity contribution in [2.75, 3.05) is 32.3 Å². The Balaban J connectivity index is 1.99. The van der Waals surface area contributed by atoms with Crippen LogP contribution in [0.3, 0.4) is 0 Å². The first-order valence-electron chi connectivity index (χ1n) is 7.69. The van der Waals surface area contributed by atoms with Gasteiger partial charge in [0.15, 0.2) is 11.5 Å². The van der Waals surface area contributed by atoms with Gasteiger partial charge < -0.3 is 24.2 Å². The highest BCUT2D eigenvalue weighted by Crippen LogP contribution is 2.45. The second-order valence-corrected chi connectivity index (χ2v) is 5.95. The number of ether oxygens (including phenoxy) is 3. The molecule has 0 unspecified atom stereocenters. The molecule has 6 nitrogen and oxygen atoms in total. The number of aromatic carboxylic acids is 1. The zero-order chi connectivity index (χ0) is 18.0. The van der Waals surface area contributed by atoms with Crippen LogP contribution in [0.2, 0.25) is 5.02 Å². The van der Waals surface area contributed by atoms with Gasteiger partial charge in [0.25, 0.3) is 0 Å². The van der Waals surface area contributed by atoms with Crippen LogP contribution in [-0.4, -0.2) is 38.4 Å². The molecule has 2 aromatic rings. The third kappa shape index (κ3) is 3.30. The maximum Gasteiger partial charge on any atom is 0.343 e. The summed E-state index contributed by atoms with van der Waals surface area (Å²) in [4.78, 5) is 13.7. The van der Waals surface area contributed by atoms with Crippen LogP contribution in [-0.2, 0) is 6.54 Å². The topological polar surface area (TPSA) is 68.2 Å². The number of carboxylic acid groups (broad SMARTS) is 1. The molecule has 25 heavy (non-hydrogen) atoms. The van der Waals surface area contributed by atoms with Crippen molar-refractivity contribution in [3.63, 3.8) is 0 Å². The first-order chi connectivity index (χ1) is 12.0. The highest BCUT2D eigenvalue weighted by atomic mass is 35.5. The molecule has 1 heterocycles. The molecule has 0 spiro atoms. The van der Waals surface area contributed by atoms with Gasteiger partial charge in [-0.25, -0.2) is 4.79 Å². The van der Waals surface area contributed by atoms with Gasteiger partial charge in [-0.05, 0) is 23.8 Å². The Morgan fingerprint density at radius 3 is 2.60 bits per heavy atom. The summed E-state index contributed by atoms with van der Waals surface area (Å²) in [5.41, 5.74) is 1.66. The van der Waals surface area contributed by atoms with E-state index in [0.29, 0.717) is 25.4 Å². The van der Waals surface area contributed by atoms with Crippen molar-refractivity contribution >= 4 is 23.3 Å². The first-order valence-corrected chi connectivity index (χ1v) is 8.07. The number of anilines is 1. The number of hydrogen-bond acceptors (Lipinski definition) is 5. The van der Waals surface area contributed by atoms with Crippen LogP contribution in [0.25, 0.3) is 0 Å². The molecule has 0 radical (unpaired) electrons. The number of benzene rings is 2. The van der Waals surface area contributed by atoms with Crippen molar-refractivity contribution < 1.29 is 24.1 Å². The van der Waals surface area contributed by atoms with Gasteiger partial charge in [0, 0.05) is 6.54 Å². The van der Waals surface area contributed by atoms with Gasteiger partial charge in [-0.2, -0.15) is 0 Å². The van der Waals surface area contributed by atoms with Crippen molar-refractivity contribution in [1.82, 2.24) is 0 Å². The van der Waals surface area contributed by atoms with Crippen molar-refractivity contribution in [3.05, 3.63) is 46.5 Å². The molecule has 1 aliphatic rings. The monoisotopic (exact) mass is 363 g/mol. The van der Waals surface area contributed by atoms with Crippen LogP contribution < -0.4 is 19.1 Å². The van der Waals surface area contributed by atoms with Gasteiger partial charge in [-0.3, -0.25) is 0 Å². The van der Waals surface area contributed by atoms with E-state index >= 15 is 0 Å². The standard InChI is InChI=1S/C18H18ClNO5/c1-23-12-5-3-11(4-6-12)10-20-7-8-25-17-14(20)9-13(19)16(24-2)15(17)18(21)22/h3-6,9H,7-8,10H2,1-2H3,(H,21,22). The normalized spacial score (nSPS) is 13.0. The number of rotatable bonds is 5. The summed E-state index contributed by atoms with van der Waals surface area (Å²) in [6, 6.07) is 9.40. The minimum atomic E-state index is -1.14. The molecule has 0 bridgehead atoms. The average Bonchev–Trinajstić information content (AvgIpc) is 2.61. The number of hydrogen-bond donors (Lipinski definition) is 1. The van der Waals surface area contributed by atoms with E-state index in [2.05, 4.69) is 0 Å². The van der Waals surface area contributed by atoms with Gasteiger partial charge in [0.05, 0.1) is 31.5 Å². The molecule has 0 saturated carbocycles. The van der Waals surface area contributed by atoms with Crippen LogP contribution in [0.5, 0.6) is 17.2 Å². The van der Waals surface area contributed by atoms with E-state index in [1.807, 2.05) is 29.2 Å². The Morgan fingerprint density at radius 2 is 2.00 bits per heavy atom. The summed E-state index contributed by atoms with van der Waals surface area (Å²) >= 11 is 6.23. The lowest BCUT2D eigenvalue weighted by atomic mass is 10.1. The molecular weight excluding hydrogens is 346 g/mol. The van der Waals surface area contributed by atoms with E-state index < -0.39 is 5.97 Å². The predicted octanol–water partition coefficient (Wildman–Crippen LogP) is 3.45. The highest BCUT2D eigenvalue weighted by molar-refractivity contribution is 6.33. The van der Waals surface area contributed by atoms with Gasteiger partial charge in [-0.15, -0.1) is 0 Å². The Morgan fingerprint density at radius 1 is 1.28 bits per heavy atom. The first kappa shape index (κ1) is 17.2. The van der Waals surface area contributed by atoms with Gasteiger partial charge in [0.2, 0.25) is 0 Å². The number of carboxylic acids is 1. The lowest BCUT2D eigenvalue weighted by molar-refractivity contribution is 0.0688. The molecule has 1 N–H and O–H groups in total. The summed E-state index contributed by atoms with van der Waals surface area (Å²) < 4.78 is 16.0. The number of methoxy groups -OCH3 is 2. The molecular formula is C18H18ClNO5. The van der Waals surface area contributed by atoms with Gasteiger partial charge >= 0.3 is 5.97 Å². The lowest BCUT2D eigenvalue weighted by Gasteiger charge is -2.32. The van der Waals surface area contributed by atoms with Crippen molar-refractivity contribution in [3.8, 4) is 17.2 Å². The smallest absolute Gasteiger partial charge is 0.343 e. The van der Waals surface area contributed by atoms with Crippen LogP contribution in [0.15, 0.2) is 30.3 Å². The third-order valence-corrected chi connectivity index (χ3v) is 4.35. The SMILES string of the molecule is COc1ccc(CN2CCOc3c2cc(Cl)c(OC)c3C(=O)O)cc1. The fourth-order valence-corrected chi connectivity index (χ4v) is 3.15. The van der Waals surface area contributed by atoms with Crippen molar-refractivity contribution in [2.24, 2.45) is 0 Å². The summed E-state index contributed by atoms with van der Waals surface area (Å²) in [7, 11) is 3.01. The minimum Gasteiger partial charge on any atom is -0.497 e. The fraction of sp³-hybridized carbons (Fsp3) is 0.278. The molecule has 0 amide bonds. The molecule has 132 valence electrons. The van der Waals surface area contributed by atoms with Gasteiger partial charge in [-0.1, -0.05) is 23.7 Å². The van der Waals surface area contributed by atoms with Crippen LogP contribution >= 0.6 is 11.6 Å². The highest BCUT2D eigenvalue weighted by Gasteiger charge is 2.29. The molecule has 2 aromatic carbocycles. The van der Waals surface area contributed by atoms with Gasteiger partial charge in [0.1, 0.15) is 17.9 Å². The van der Waals surface area contributed by atoms with E-state index in [0.717, 1.165) is 11.3 Å². The third-order valence-electron chi connectivity index (χ3n) is 4.07. The number of fused-ring (bicyclic) bond motifs is 1. The molecule has 0 aromatic heterocycles. The zero-order valence-electron chi connectivity index (χ0n) is 13.9. The number of nitrogens with zero attached hydrogens (tertiary/aromatic N) is 1. The van der Waals surface area contributed by atoms with E-state index in [1.54, 1.807) is 13.2 Å². The molecule has 0 saturated heterocycles. The number of carbonyl (C=O) groups is 1. The quantitative estimate of drug-likeness (QED) is 0.877. The molecule has 1 aliphatic heterocycles. The van der Waals surface area contributed by atoms with E-state index in [4.69, 9.17) is 25.8 Å². The molecule has 0 aliphatic carbocycles. The molecule has 0 fully saturated rings. The maximum absolute atomic E-state index is 11.7. The number of halogens is 1. The van der Waals surface area contributed by atoms with Crippen LogP contribution in [0.1, 0.15) is 15.9 Å². The Labute approximate surface area is 150 Å². The molecule has 0 atom stereocenters. The Bertz CT molecular complexity index is 791. The molecule has 3 rings (SSSR count). The lowest BCUT2D eigenvalue weighted by Crippen LogP contribution is -2.33. The van der Waals surface area contributed by atoms with Crippen LogP contribution in [0.4, 0.5) is 5.69 Å². The second-order valence-electron chi connectivity index (χ2n) is 5.54. The molecule has 7 heteroatoms. The zero-order valence-corrected chi connectivity index (χ0v) is 14.7. The maximum atomic E-state index is 11.7. The Hall–Kier alpha value is -2.60. The van der Waals surface area contributed by atoms with E-state index in [1.165, 1.54) is 7.11 Å². The summed E-state index contributed by atoms with van der Waals surface area (Å²) in [6.45, 7) is 1.61. The predicted molar refractivity (Wildman–Crippen MR) is 94.5 cm³/mol. The minimum absolute atomic E-state index is 0.0515. The summed E-state index contributed by atoms with van der Waals surface area (Å²) in [5, 5.41) is 9.80. The fourth-order valence-electron chi connectivity index (χ4n) is 2.87. The van der Waals surface area contributed by atoms with Crippen LogP contribution in [0, 0.1) is 0 Å².